The van der Waals surface area contributed by atoms with Gasteiger partial charge in [-0.1, -0.05) is 91.0 Å². The smallest absolute Gasteiger partial charge is 0.335 e. The van der Waals surface area contributed by atoms with Crippen LogP contribution in [0.3, 0.4) is 0 Å². The molecule has 0 aromatic heterocycles. The molecule has 1 saturated carbocycles. The Bertz CT molecular complexity index is 1590. The van der Waals surface area contributed by atoms with Crippen molar-refractivity contribution in [2.75, 3.05) is 14.2 Å². The Balaban J connectivity index is 2.24. The van der Waals surface area contributed by atoms with Gasteiger partial charge in [-0.2, -0.15) is 21.0 Å². The van der Waals surface area contributed by atoms with E-state index in [0.29, 0.717) is 5.57 Å². The van der Waals surface area contributed by atoms with Crippen LogP contribution in [-0.4, -0.2) is 26.2 Å². The average Bonchev–Trinajstić information content (AvgIpc) is 3.09. The Labute approximate surface area is 231 Å². The molecule has 0 amide bonds. The number of carbonyl (C=O) groups is 2. The van der Waals surface area contributed by atoms with E-state index < -0.39 is 39.7 Å². The van der Waals surface area contributed by atoms with E-state index in [1.807, 2.05) is 84.9 Å². The number of ether oxygens (including phenoxy) is 2. The second kappa shape index (κ2) is 10.6. The standard InChI is InChI=1S/C32H22N4O4/c1-39-28(37)26-16-10-9-15-25-27(17-24(22-11-5-3-6-12-22)23-13-7-4-8-14-23)30(18-33,19-34)31(20-35,21-36)32(25,26)29(38)40-2/h3-17,27H,1-2H3. The molecule has 194 valence electrons. The SMILES string of the molecule is COC(=O)C1=CC=CC=C2C(C=C(c3ccccc3)c3ccccc3)C(C#N)(C#N)C(C#N)(C#N)C12C(=O)OC. The van der Waals surface area contributed by atoms with Crippen molar-refractivity contribution < 1.29 is 19.1 Å². The number of fused-ring (bicyclic) bond motifs is 1. The van der Waals surface area contributed by atoms with Gasteiger partial charge in [-0.05, 0) is 22.3 Å². The summed E-state index contributed by atoms with van der Waals surface area (Å²) in [6.45, 7) is 0. The van der Waals surface area contributed by atoms with Crippen LogP contribution in [0.1, 0.15) is 11.1 Å². The molecule has 2 aliphatic rings. The van der Waals surface area contributed by atoms with Crippen LogP contribution >= 0.6 is 0 Å². The quantitative estimate of drug-likeness (QED) is 0.515. The van der Waals surface area contributed by atoms with E-state index in [4.69, 9.17) is 9.47 Å². The van der Waals surface area contributed by atoms with E-state index in [2.05, 4.69) is 0 Å². The number of nitrogens with zero attached hydrogens (tertiary/aromatic N) is 4. The van der Waals surface area contributed by atoms with Crippen LogP contribution in [0.2, 0.25) is 0 Å². The average molecular weight is 527 g/mol. The zero-order valence-electron chi connectivity index (χ0n) is 21.7. The molecule has 2 aromatic rings. The fraction of sp³-hybridized carbons (Fsp3) is 0.188. The molecule has 0 aliphatic heterocycles. The molecule has 2 aromatic carbocycles. The highest BCUT2D eigenvalue weighted by molar-refractivity contribution is 6.04. The third kappa shape index (κ3) is 3.48. The highest BCUT2D eigenvalue weighted by atomic mass is 16.5. The number of hydrogen-bond donors (Lipinski definition) is 0. The largest absolute Gasteiger partial charge is 0.468 e. The highest BCUT2D eigenvalue weighted by Gasteiger charge is 2.82. The number of carbonyl (C=O) groups excluding carboxylic acids is 2. The Morgan fingerprint density at radius 1 is 0.775 bits per heavy atom. The summed E-state index contributed by atoms with van der Waals surface area (Å²) < 4.78 is 10.1. The van der Waals surface area contributed by atoms with Gasteiger partial charge in [0.1, 0.15) is 0 Å². The van der Waals surface area contributed by atoms with Crippen molar-refractivity contribution in [2.45, 2.75) is 0 Å². The predicted octanol–water partition coefficient (Wildman–Crippen LogP) is 4.57. The predicted molar refractivity (Wildman–Crippen MR) is 143 cm³/mol. The second-order valence-corrected chi connectivity index (χ2v) is 9.12. The van der Waals surface area contributed by atoms with E-state index in [1.54, 1.807) is 6.08 Å². The first kappa shape index (κ1) is 27.3. The van der Waals surface area contributed by atoms with E-state index in [0.717, 1.165) is 25.3 Å². The van der Waals surface area contributed by atoms with Gasteiger partial charge in [0, 0.05) is 5.92 Å². The Kier molecular flexibility index (Phi) is 7.23. The Morgan fingerprint density at radius 2 is 1.30 bits per heavy atom. The van der Waals surface area contributed by atoms with Crippen molar-refractivity contribution in [3.63, 3.8) is 0 Å². The Morgan fingerprint density at radius 3 is 1.75 bits per heavy atom. The minimum atomic E-state index is -2.71. The van der Waals surface area contributed by atoms with Crippen molar-refractivity contribution >= 4 is 17.5 Å². The molecular weight excluding hydrogens is 504 g/mol. The highest BCUT2D eigenvalue weighted by Crippen LogP contribution is 2.71. The van der Waals surface area contributed by atoms with Gasteiger partial charge in [0.15, 0.2) is 16.2 Å². The van der Waals surface area contributed by atoms with Crippen LogP contribution < -0.4 is 0 Å². The molecule has 0 saturated heterocycles. The zero-order valence-corrected chi connectivity index (χ0v) is 21.7. The molecule has 0 heterocycles. The molecule has 1 fully saturated rings. The van der Waals surface area contributed by atoms with Crippen LogP contribution in [0, 0.1) is 67.5 Å². The van der Waals surface area contributed by atoms with Crippen molar-refractivity contribution in [1.82, 2.24) is 0 Å². The van der Waals surface area contributed by atoms with E-state index in [1.165, 1.54) is 24.3 Å². The normalized spacial score (nSPS) is 21.3. The minimum Gasteiger partial charge on any atom is -0.468 e. The van der Waals surface area contributed by atoms with Crippen LogP contribution in [-0.2, 0) is 19.1 Å². The summed E-state index contributed by atoms with van der Waals surface area (Å²) in [5, 5.41) is 42.7. The van der Waals surface area contributed by atoms with Gasteiger partial charge >= 0.3 is 11.9 Å². The summed E-state index contributed by atoms with van der Waals surface area (Å²) in [4.78, 5) is 27.1. The molecule has 0 N–H and O–H groups in total. The zero-order chi connectivity index (χ0) is 29.0. The maximum absolute atomic E-state index is 13.9. The monoisotopic (exact) mass is 526 g/mol. The first-order valence-electron chi connectivity index (χ1n) is 12.1. The van der Waals surface area contributed by atoms with Gasteiger partial charge in [0.25, 0.3) is 0 Å². The fourth-order valence-corrected chi connectivity index (χ4v) is 5.78. The lowest BCUT2D eigenvalue weighted by Gasteiger charge is -2.38. The number of nitriles is 4. The van der Waals surface area contributed by atoms with Gasteiger partial charge in [-0.3, -0.25) is 4.79 Å². The maximum atomic E-state index is 13.9. The summed E-state index contributed by atoms with van der Waals surface area (Å²) in [7, 11) is 2.13. The molecule has 4 rings (SSSR count). The third-order valence-corrected chi connectivity index (χ3v) is 7.53. The van der Waals surface area contributed by atoms with Gasteiger partial charge in [-0.15, -0.1) is 0 Å². The van der Waals surface area contributed by atoms with Crippen LogP contribution in [0.5, 0.6) is 0 Å². The first-order valence-corrected chi connectivity index (χ1v) is 12.1. The number of esters is 2. The van der Waals surface area contributed by atoms with E-state index in [-0.39, 0.29) is 5.57 Å². The topological polar surface area (TPSA) is 148 Å². The van der Waals surface area contributed by atoms with E-state index in [9.17, 15) is 30.6 Å². The van der Waals surface area contributed by atoms with Crippen molar-refractivity contribution in [1.29, 1.82) is 21.0 Å². The molecule has 40 heavy (non-hydrogen) atoms. The summed E-state index contributed by atoms with van der Waals surface area (Å²) in [6, 6.07) is 25.9. The van der Waals surface area contributed by atoms with Crippen molar-refractivity contribution in [3.05, 3.63) is 113 Å². The lowest BCUT2D eigenvalue weighted by Crippen LogP contribution is -2.53. The fourth-order valence-electron chi connectivity index (χ4n) is 5.78. The summed E-state index contributed by atoms with van der Waals surface area (Å²) in [5.41, 5.74) is -5.98. The molecule has 8 heteroatoms. The van der Waals surface area contributed by atoms with Gasteiger partial charge < -0.3 is 9.47 Å². The first-order chi connectivity index (χ1) is 19.4. The second-order valence-electron chi connectivity index (χ2n) is 9.12. The molecule has 8 nitrogen and oxygen atoms in total. The van der Waals surface area contributed by atoms with E-state index >= 15 is 0 Å². The minimum absolute atomic E-state index is 0.0142. The molecule has 0 spiro atoms. The summed E-state index contributed by atoms with van der Waals surface area (Å²) >= 11 is 0. The van der Waals surface area contributed by atoms with Gasteiger partial charge in [0.2, 0.25) is 0 Å². The summed E-state index contributed by atoms with van der Waals surface area (Å²) in [5.74, 6) is -3.47. The Hall–Kier alpha value is -5.70. The van der Waals surface area contributed by atoms with Crippen molar-refractivity contribution in [2.24, 2.45) is 22.2 Å². The lowest BCUT2D eigenvalue weighted by atomic mass is 9.54. The molecular formula is C32H22N4O4. The maximum Gasteiger partial charge on any atom is 0.335 e. The molecule has 0 radical (unpaired) electrons. The molecule has 2 atom stereocenters. The lowest BCUT2D eigenvalue weighted by molar-refractivity contribution is -0.155. The molecule has 2 unspecified atom stereocenters. The van der Waals surface area contributed by atoms with Crippen molar-refractivity contribution in [3.8, 4) is 24.3 Å². The van der Waals surface area contributed by atoms with Gasteiger partial charge in [0.05, 0.1) is 44.1 Å². The number of methoxy groups -OCH3 is 2. The molecule has 2 aliphatic carbocycles. The third-order valence-electron chi connectivity index (χ3n) is 7.53. The van der Waals surface area contributed by atoms with Gasteiger partial charge in [-0.25, -0.2) is 4.79 Å². The van der Waals surface area contributed by atoms with Crippen LogP contribution in [0.25, 0.3) is 5.57 Å². The number of rotatable bonds is 5. The van der Waals surface area contributed by atoms with Crippen LogP contribution in [0.4, 0.5) is 0 Å². The number of allylic oxidation sites excluding steroid dienone is 5. The number of benzene rings is 2. The number of hydrogen-bond acceptors (Lipinski definition) is 8. The molecule has 0 bridgehead atoms. The van der Waals surface area contributed by atoms with Crippen LogP contribution in [0.15, 0.2) is 102 Å². The summed E-state index contributed by atoms with van der Waals surface area (Å²) in [6.07, 6.45) is 7.29.